The van der Waals surface area contributed by atoms with E-state index in [0.717, 1.165) is 0 Å². The van der Waals surface area contributed by atoms with Crippen LogP contribution in [0.1, 0.15) is 201 Å². The van der Waals surface area contributed by atoms with Crippen LogP contribution in [0.3, 0.4) is 0 Å². The van der Waals surface area contributed by atoms with E-state index in [2.05, 4.69) is 43.0 Å². The van der Waals surface area contributed by atoms with Gasteiger partial charge in [0, 0.05) is 25.5 Å². The molecule has 0 spiro atoms. The Kier molecular flexibility index (Phi) is 26.0. The second-order valence-corrected chi connectivity index (χ2v) is 12.5. The lowest BCUT2D eigenvalue weighted by Gasteiger charge is -2.33. The molecule has 1 rings (SSSR count). The van der Waals surface area contributed by atoms with Gasteiger partial charge in [0.1, 0.15) is 6.17 Å². The summed E-state index contributed by atoms with van der Waals surface area (Å²) in [6, 6.07) is 0. The lowest BCUT2D eigenvalue weighted by molar-refractivity contribution is 0.137. The Balaban J connectivity index is 2.00. The Bertz CT molecular complexity index is 488. The first-order valence-corrected chi connectivity index (χ1v) is 18.0. The summed E-state index contributed by atoms with van der Waals surface area (Å²) in [5.74, 6) is 0. The molecule has 1 heterocycles. The van der Waals surface area contributed by atoms with Crippen LogP contribution in [0.5, 0.6) is 0 Å². The summed E-state index contributed by atoms with van der Waals surface area (Å²) < 4.78 is 0. The molecule has 0 aliphatic carbocycles. The van der Waals surface area contributed by atoms with Crippen molar-refractivity contribution in [2.75, 3.05) is 13.1 Å². The monoisotopic (exact) mass is 533 g/mol. The molecule has 0 aromatic carbocycles. The Morgan fingerprint density at radius 1 is 0.342 bits per heavy atom. The molecular formula is C36H72N2. The van der Waals surface area contributed by atoms with Crippen LogP contribution in [-0.4, -0.2) is 29.1 Å². The number of hydrogen-bond donors (Lipinski definition) is 0. The molecule has 2 nitrogen and oxygen atoms in total. The maximum absolute atomic E-state index is 2.68. The van der Waals surface area contributed by atoms with Gasteiger partial charge in [0.15, 0.2) is 0 Å². The normalized spacial score (nSPS) is 15.3. The molecule has 38 heavy (non-hydrogen) atoms. The molecule has 0 amide bonds. The smallest absolute Gasteiger partial charge is 0.101 e. The number of rotatable bonds is 30. The molecule has 0 aromatic heterocycles. The van der Waals surface area contributed by atoms with E-state index in [9.17, 15) is 0 Å². The minimum absolute atomic E-state index is 0.639. The zero-order valence-electron chi connectivity index (χ0n) is 26.8. The van der Waals surface area contributed by atoms with Crippen LogP contribution in [0.4, 0.5) is 0 Å². The van der Waals surface area contributed by atoms with Crippen LogP contribution in [0.15, 0.2) is 12.4 Å². The van der Waals surface area contributed by atoms with Crippen LogP contribution in [0.2, 0.25) is 0 Å². The molecule has 226 valence electrons. The highest BCUT2D eigenvalue weighted by Crippen LogP contribution is 2.23. The van der Waals surface area contributed by atoms with Crippen molar-refractivity contribution in [2.45, 2.75) is 207 Å². The van der Waals surface area contributed by atoms with Crippen LogP contribution >= 0.6 is 0 Å². The first kappa shape index (κ1) is 35.4. The van der Waals surface area contributed by atoms with E-state index in [-0.39, 0.29) is 0 Å². The molecule has 1 unspecified atom stereocenters. The lowest BCUT2D eigenvalue weighted by atomic mass is 10.0. The van der Waals surface area contributed by atoms with Crippen LogP contribution in [-0.2, 0) is 0 Å². The summed E-state index contributed by atoms with van der Waals surface area (Å²) in [7, 11) is 0. The molecule has 0 saturated carbocycles. The minimum atomic E-state index is 0.639. The van der Waals surface area contributed by atoms with Gasteiger partial charge in [-0.2, -0.15) is 0 Å². The second kappa shape index (κ2) is 27.9. The molecule has 0 N–H and O–H groups in total. The Hall–Kier alpha value is -0.660. The predicted octanol–water partition coefficient (Wildman–Crippen LogP) is 12.4. The molecule has 0 saturated heterocycles. The maximum atomic E-state index is 2.68. The van der Waals surface area contributed by atoms with Crippen molar-refractivity contribution in [3.63, 3.8) is 0 Å². The van der Waals surface area contributed by atoms with Gasteiger partial charge in [-0.3, -0.25) is 0 Å². The van der Waals surface area contributed by atoms with Crippen molar-refractivity contribution < 1.29 is 0 Å². The van der Waals surface area contributed by atoms with Gasteiger partial charge in [-0.25, -0.2) is 0 Å². The second-order valence-electron chi connectivity index (χ2n) is 12.5. The molecule has 1 atom stereocenters. The van der Waals surface area contributed by atoms with Gasteiger partial charge in [0.2, 0.25) is 0 Å². The highest BCUT2D eigenvalue weighted by Gasteiger charge is 2.24. The fraction of sp³-hybridized carbons (Fsp3) is 0.944. The summed E-state index contributed by atoms with van der Waals surface area (Å²) >= 11 is 0. The zero-order chi connectivity index (χ0) is 27.4. The third-order valence-corrected chi connectivity index (χ3v) is 8.78. The van der Waals surface area contributed by atoms with E-state index < -0.39 is 0 Å². The Morgan fingerprint density at radius 3 is 1.03 bits per heavy atom. The van der Waals surface area contributed by atoms with E-state index in [4.69, 9.17) is 0 Å². The molecule has 0 radical (unpaired) electrons. The quantitative estimate of drug-likeness (QED) is 0.0848. The molecular weight excluding hydrogens is 460 g/mol. The Morgan fingerprint density at radius 2 is 0.658 bits per heavy atom. The molecule has 2 heteroatoms. The largest absolute Gasteiger partial charge is 0.356 e. The summed E-state index contributed by atoms with van der Waals surface area (Å²) in [5, 5.41) is 0. The number of nitrogens with zero attached hydrogens (tertiary/aromatic N) is 2. The first-order valence-electron chi connectivity index (χ1n) is 18.0. The van der Waals surface area contributed by atoms with Gasteiger partial charge >= 0.3 is 0 Å². The first-order chi connectivity index (χ1) is 18.8. The predicted molar refractivity (Wildman–Crippen MR) is 173 cm³/mol. The number of hydrogen-bond acceptors (Lipinski definition) is 2. The molecule has 0 aromatic rings. The summed E-state index contributed by atoms with van der Waals surface area (Å²) in [4.78, 5) is 5.30. The summed E-state index contributed by atoms with van der Waals surface area (Å²) in [6.45, 7) is 9.42. The highest BCUT2D eigenvalue weighted by atomic mass is 15.4. The average Bonchev–Trinajstić information content (AvgIpc) is 3.30. The van der Waals surface area contributed by atoms with Crippen molar-refractivity contribution in [3.05, 3.63) is 12.4 Å². The average molecular weight is 533 g/mol. The third-order valence-electron chi connectivity index (χ3n) is 8.78. The SMILES string of the molecule is CCCCCCCCCCCCCCCCN1C=CN(CCC)C1CCCCCCCCCCCCCC. The van der Waals surface area contributed by atoms with Gasteiger partial charge < -0.3 is 9.80 Å². The Labute approximate surface area is 241 Å². The topological polar surface area (TPSA) is 6.48 Å². The third kappa shape index (κ3) is 20.3. The van der Waals surface area contributed by atoms with E-state index in [1.807, 2.05) is 0 Å². The molecule has 0 fully saturated rings. The van der Waals surface area contributed by atoms with Gasteiger partial charge in [-0.15, -0.1) is 0 Å². The fourth-order valence-corrected chi connectivity index (χ4v) is 6.25. The van der Waals surface area contributed by atoms with Crippen LogP contribution in [0, 0.1) is 0 Å². The minimum Gasteiger partial charge on any atom is -0.356 e. The van der Waals surface area contributed by atoms with Crippen molar-refractivity contribution >= 4 is 0 Å². The van der Waals surface area contributed by atoms with E-state index >= 15 is 0 Å². The van der Waals surface area contributed by atoms with Crippen molar-refractivity contribution in [1.29, 1.82) is 0 Å². The standard InChI is InChI=1S/C36H72N2/c1-4-7-9-11-13-15-17-19-20-22-24-26-28-30-33-38-35-34-37(32-6-3)36(38)31-29-27-25-23-21-18-16-14-12-10-8-5-2/h34-36H,4-33H2,1-3H3. The summed E-state index contributed by atoms with van der Waals surface area (Å²) in [6.07, 6.45) is 45.6. The van der Waals surface area contributed by atoms with Crippen molar-refractivity contribution in [2.24, 2.45) is 0 Å². The van der Waals surface area contributed by atoms with E-state index in [0.29, 0.717) is 6.17 Å². The lowest BCUT2D eigenvalue weighted by Crippen LogP contribution is -2.39. The van der Waals surface area contributed by atoms with Crippen LogP contribution < -0.4 is 0 Å². The van der Waals surface area contributed by atoms with Gasteiger partial charge in [0.25, 0.3) is 0 Å². The van der Waals surface area contributed by atoms with E-state index in [1.54, 1.807) is 0 Å². The zero-order valence-corrected chi connectivity index (χ0v) is 26.8. The van der Waals surface area contributed by atoms with E-state index in [1.165, 1.54) is 193 Å². The van der Waals surface area contributed by atoms with Crippen molar-refractivity contribution in [1.82, 2.24) is 9.80 Å². The van der Waals surface area contributed by atoms with Crippen LogP contribution in [0.25, 0.3) is 0 Å². The highest BCUT2D eigenvalue weighted by molar-refractivity contribution is 4.96. The van der Waals surface area contributed by atoms with Gasteiger partial charge in [-0.1, -0.05) is 175 Å². The molecule has 0 bridgehead atoms. The van der Waals surface area contributed by atoms with Gasteiger partial charge in [0.05, 0.1) is 0 Å². The molecule has 1 aliphatic rings. The summed E-state index contributed by atoms with van der Waals surface area (Å²) in [5.41, 5.74) is 0. The van der Waals surface area contributed by atoms with Crippen molar-refractivity contribution in [3.8, 4) is 0 Å². The molecule has 1 aliphatic heterocycles. The van der Waals surface area contributed by atoms with Gasteiger partial charge in [-0.05, 0) is 25.7 Å². The fourth-order valence-electron chi connectivity index (χ4n) is 6.25. The maximum Gasteiger partial charge on any atom is 0.101 e. The number of unbranched alkanes of at least 4 members (excludes halogenated alkanes) is 24.